The molecule has 0 radical (unpaired) electrons. The Morgan fingerprint density at radius 3 is 1.25 bits per heavy atom. The summed E-state index contributed by atoms with van der Waals surface area (Å²) in [5.74, 6) is -1.23. The molecule has 1 unspecified atom stereocenters. The van der Waals surface area contributed by atoms with Gasteiger partial charge in [-0.25, -0.2) is 12.8 Å². The molecule has 2 fully saturated rings. The van der Waals surface area contributed by atoms with E-state index in [2.05, 4.69) is 22.7 Å². The van der Waals surface area contributed by atoms with Gasteiger partial charge in [0.2, 0.25) is 23.1 Å². The number of aliphatic hydroxyl groups excluding tert-OH is 2. The number of carbonyl (C=O) groups is 12. The van der Waals surface area contributed by atoms with E-state index in [-0.39, 0.29) is 158 Å². The molecule has 1 atom stereocenters. The van der Waals surface area contributed by atoms with Gasteiger partial charge in [-0.05, 0) is 104 Å². The van der Waals surface area contributed by atoms with Crippen molar-refractivity contribution in [1.82, 2.24) is 9.88 Å². The van der Waals surface area contributed by atoms with Gasteiger partial charge in [-0.1, -0.05) is 138 Å². The van der Waals surface area contributed by atoms with Crippen LogP contribution in [-0.2, 0) is 74.1 Å². The molecule has 4 N–H and O–H groups in total. The molecule has 96 heavy (non-hydrogen) atoms. The average molecular weight is 1410 g/mol. The Kier molecular flexibility index (Phi) is 68.3. The third-order valence-electron chi connectivity index (χ3n) is 11.6. The maximum Gasteiger partial charge on any atom is 1.00 e. The van der Waals surface area contributed by atoms with Crippen LogP contribution in [-0.4, -0.2) is 141 Å². The Hall–Kier alpha value is -5.11. The van der Waals surface area contributed by atoms with Crippen LogP contribution in [0.3, 0.4) is 0 Å². The summed E-state index contributed by atoms with van der Waals surface area (Å²) >= 11 is 5.20. The molecule has 548 valence electrons. The largest absolute Gasteiger partial charge is 1.00 e. The zero-order chi connectivity index (χ0) is 77.1. The molecule has 0 spiro atoms. The number of ketones is 9. The number of nitriles is 1. The van der Waals surface area contributed by atoms with Crippen molar-refractivity contribution < 1.29 is 115 Å². The van der Waals surface area contributed by atoms with E-state index in [9.17, 15) is 74.9 Å². The molecule has 2 amide bonds. The van der Waals surface area contributed by atoms with E-state index in [1.165, 1.54) is 20.3 Å². The average Bonchev–Trinajstić information content (AvgIpc) is 1.62. The number of hydrogen-bond acceptors (Lipinski definition) is 19. The Morgan fingerprint density at radius 2 is 1.06 bits per heavy atom. The number of aromatic nitrogens is 1. The van der Waals surface area contributed by atoms with Crippen LogP contribution in [0.4, 0.5) is 4.39 Å². The zero-order valence-electron chi connectivity index (χ0n) is 63.0. The van der Waals surface area contributed by atoms with Crippen molar-refractivity contribution in [2.75, 3.05) is 32.3 Å². The van der Waals surface area contributed by atoms with E-state index in [0.29, 0.717) is 18.8 Å². The van der Waals surface area contributed by atoms with E-state index < -0.39 is 39.8 Å². The van der Waals surface area contributed by atoms with Crippen molar-refractivity contribution in [2.45, 2.75) is 230 Å². The van der Waals surface area contributed by atoms with Crippen LogP contribution in [0, 0.1) is 93.2 Å². The van der Waals surface area contributed by atoms with E-state index in [0.717, 1.165) is 50.8 Å². The number of Topliss-reactive ketones (excluding diaryl/α,β-unsaturated/α-hetero) is 9. The van der Waals surface area contributed by atoms with Gasteiger partial charge in [0, 0.05) is 95.5 Å². The topological polar surface area (TPSA) is 368 Å². The number of aryl methyl sites for hydroxylation is 1. The minimum atomic E-state index is -4.50. The first-order valence-corrected chi connectivity index (χ1v) is 34.0. The molecule has 21 nitrogen and oxygen atoms in total. The number of terminal acetylenes is 1. The minimum Gasteiger partial charge on any atom is -0.746 e. The van der Waals surface area contributed by atoms with Crippen molar-refractivity contribution in [3.8, 4) is 18.4 Å². The monoisotopic (exact) mass is 1410 g/mol. The summed E-state index contributed by atoms with van der Waals surface area (Å²) in [6.07, 6.45) is 14.5. The van der Waals surface area contributed by atoms with Crippen LogP contribution in [0.25, 0.3) is 0 Å². The molecule has 0 bridgehead atoms. The molecule has 1 saturated heterocycles. The van der Waals surface area contributed by atoms with Gasteiger partial charge in [0.25, 0.3) is 11.8 Å². The number of likely N-dealkylation sites (tertiary alicyclic amines) is 1. The maximum atomic E-state index is 11.5. The third-order valence-corrected chi connectivity index (χ3v) is 13.0. The fourth-order valence-electron chi connectivity index (χ4n) is 4.85. The van der Waals surface area contributed by atoms with Crippen LogP contribution in [0.2, 0.25) is 0 Å². The van der Waals surface area contributed by atoms with Crippen LogP contribution in [0.15, 0.2) is 24.4 Å². The van der Waals surface area contributed by atoms with Crippen LogP contribution in [0.1, 0.15) is 224 Å². The first-order valence-electron chi connectivity index (χ1n) is 32.0. The van der Waals surface area contributed by atoms with Crippen LogP contribution in [0.5, 0.6) is 0 Å². The third kappa shape index (κ3) is 74.7. The molecule has 1 aliphatic carbocycles. The van der Waals surface area contributed by atoms with Gasteiger partial charge in [-0.15, -0.1) is 23.9 Å². The first-order chi connectivity index (χ1) is 43.0. The molecule has 3 rings (SSSR count). The number of amides is 2. The normalized spacial score (nSPS) is 12.4. The Morgan fingerprint density at radius 1 is 0.688 bits per heavy atom. The number of rotatable bonds is 21. The summed E-state index contributed by atoms with van der Waals surface area (Å²) in [5, 5.41) is 24.9. The number of hydrogen-bond donors (Lipinski definition) is 3. The van der Waals surface area contributed by atoms with Crippen molar-refractivity contribution in [3.63, 3.8) is 0 Å². The molecule has 1 aromatic heterocycles. The number of aliphatic hydroxyl groups is 2. The first kappa shape index (κ1) is 110. The van der Waals surface area contributed by atoms with Gasteiger partial charge < -0.3 is 30.2 Å². The number of primary amides is 1. The summed E-state index contributed by atoms with van der Waals surface area (Å²) in [4.78, 5) is 134. The van der Waals surface area contributed by atoms with Gasteiger partial charge in [0.05, 0.1) is 11.9 Å². The number of nitrogens with two attached hydrogens (primary N) is 1. The van der Waals surface area contributed by atoms with Crippen molar-refractivity contribution in [3.05, 3.63) is 30.1 Å². The Bertz CT molecular complexity index is 2550. The number of carbonyl (C=O) groups excluding carboxylic acids is 12. The molecular weight excluding hydrogens is 1290 g/mol. The summed E-state index contributed by atoms with van der Waals surface area (Å²) in [5.41, 5.74) is 3.51. The molecule has 2 heterocycles. The second-order valence-corrected chi connectivity index (χ2v) is 29.5. The summed E-state index contributed by atoms with van der Waals surface area (Å²) in [7, 11) is -4.50. The Labute approximate surface area is 603 Å². The van der Waals surface area contributed by atoms with E-state index >= 15 is 0 Å². The molecule has 0 aromatic carbocycles. The molecular formula is C71H121ClFN4NaO17S. The number of aldehydes is 1. The number of nitrogens with zero attached hydrogens (tertiary/aromatic N) is 3. The summed E-state index contributed by atoms with van der Waals surface area (Å²) in [6.45, 7) is 45.0. The van der Waals surface area contributed by atoms with E-state index in [4.69, 9.17) is 33.5 Å². The summed E-state index contributed by atoms with van der Waals surface area (Å²) in [6, 6.07) is 7.65. The van der Waals surface area contributed by atoms with Gasteiger partial charge in [-0.3, -0.25) is 57.7 Å². The standard InChI is InChI=1S/C12H15NO2.C10H17NO2.C9H14O2.C6H10.C5H9ClO.C5H9FO.C5H9NO2.C5H9N.C5H10O2.C5H10O.C4H10O4S.Na/c1-9(2)12(15)11(14)7-6-10-5-3-4-8-13-10;1-8(2)9(12)10(13)11-6-4-3-5-7-11;1-6(2)9(11)8(10)5-7-3-4-7;1-5-6(2,3)4;2*1-4(2)5(7)3-6;1-3(2)4(7)5(6)8;1-5(2,3)4-6;1-4(2)5(7)3-6;1-5(2,3)4-6;1-3(2)4(5)9(6,7)8;/h3-5,8-9H,6-7H2,1-2H3;8H,3-7H2,1-2H3;6-7H,3-5H2,1-2H3;1H,2-4H3;2*4H,3H2,1-2H3;3H,1-2H3,(H2,6,8);1-3H3;4,6H,3H2,1-2H3;4H,1-3H3;3-5H,1-2H3,(H,6,7,8);/q;;;;;;;;;;;+1/p-1. The molecule has 1 aromatic rings. The van der Waals surface area contributed by atoms with Gasteiger partial charge in [0.1, 0.15) is 40.9 Å². The number of pyridine rings is 1. The number of halogens is 2. The summed E-state index contributed by atoms with van der Waals surface area (Å²) < 4.78 is 41.2. The Balaban J connectivity index is -0.000000126. The van der Waals surface area contributed by atoms with Crippen LogP contribution < -0.4 is 35.3 Å². The van der Waals surface area contributed by atoms with Gasteiger partial charge in [0.15, 0.2) is 23.1 Å². The second kappa shape index (κ2) is 59.9. The SMILES string of the molecule is C#CC(C)(C)C.CC(C)(C)C#N.CC(C)(C)C=O.CC(C)C(=O)C(=O)CC1CC1.CC(C)C(=O)C(=O)CCc1ccccn1.CC(C)C(=O)C(=O)N1CCCCC1.CC(C)C(=O)C(N)=O.CC(C)C(=O)CCl.CC(C)C(=O)CF.CC(C)C(=O)CO.CC(C)C(O)S(=O)(=O)[O-].[Na+]. The quantitative estimate of drug-likeness (QED) is 0.0261. The van der Waals surface area contributed by atoms with Gasteiger partial charge in [-0.2, -0.15) is 5.26 Å². The molecule has 25 heteroatoms. The maximum absolute atomic E-state index is 11.5. The minimum absolute atomic E-state index is 0. The fourth-order valence-corrected chi connectivity index (χ4v) is 5.82. The van der Waals surface area contributed by atoms with E-state index in [1.807, 2.05) is 94.4 Å². The van der Waals surface area contributed by atoms with E-state index in [1.54, 1.807) is 94.2 Å². The van der Waals surface area contributed by atoms with Crippen molar-refractivity contribution in [2.24, 2.45) is 75.2 Å². The second-order valence-electron chi connectivity index (χ2n) is 27.8. The molecule has 2 aliphatic rings. The number of alkyl halides is 2. The van der Waals surface area contributed by atoms with Crippen molar-refractivity contribution >= 4 is 91.9 Å². The molecule has 1 aliphatic heterocycles. The predicted molar refractivity (Wildman–Crippen MR) is 372 cm³/mol. The zero-order valence-corrected chi connectivity index (χ0v) is 66.6. The predicted octanol–water partition coefficient (Wildman–Crippen LogP) is 8.11. The van der Waals surface area contributed by atoms with Crippen molar-refractivity contribution in [1.29, 1.82) is 5.26 Å². The smallest absolute Gasteiger partial charge is 0.746 e. The fraction of sp³-hybridized carbons (Fsp3) is 0.718. The number of piperidine rings is 1. The molecule has 1 saturated carbocycles. The van der Waals surface area contributed by atoms with Gasteiger partial charge >= 0.3 is 29.6 Å². The van der Waals surface area contributed by atoms with Crippen LogP contribution >= 0.6 is 11.6 Å².